The van der Waals surface area contributed by atoms with Gasteiger partial charge in [-0.2, -0.15) is 5.10 Å². The summed E-state index contributed by atoms with van der Waals surface area (Å²) < 4.78 is 7.43. The van der Waals surface area contributed by atoms with Crippen LogP contribution in [0.2, 0.25) is 0 Å². The quantitative estimate of drug-likeness (QED) is 0.549. The lowest BCUT2D eigenvalue weighted by atomic mass is 9.94. The van der Waals surface area contributed by atoms with Crippen LogP contribution in [0.15, 0.2) is 60.7 Å². The number of nitrogens with zero attached hydrogens (tertiary/aromatic N) is 3. The first-order chi connectivity index (χ1) is 17.3. The molecule has 8 nitrogen and oxygen atoms in total. The zero-order valence-electron chi connectivity index (χ0n) is 21.0. The molecular formula is C28H33N5O3. The van der Waals surface area contributed by atoms with E-state index in [0.29, 0.717) is 18.9 Å². The molecule has 0 bridgehead atoms. The number of anilines is 1. The van der Waals surface area contributed by atoms with Crippen LogP contribution < -0.4 is 10.6 Å². The van der Waals surface area contributed by atoms with Crippen LogP contribution in [-0.2, 0) is 17.6 Å². The minimum Gasteiger partial charge on any atom is -0.444 e. The summed E-state index contributed by atoms with van der Waals surface area (Å²) in [5.74, 6) is 0.665. The van der Waals surface area contributed by atoms with Crippen molar-refractivity contribution in [2.45, 2.75) is 57.6 Å². The summed E-state index contributed by atoms with van der Waals surface area (Å²) in [5, 5.41) is 11.0. The molecule has 8 heteroatoms. The smallest absolute Gasteiger partial charge is 0.410 e. The number of rotatable bonds is 4. The van der Waals surface area contributed by atoms with E-state index in [0.717, 1.165) is 41.8 Å². The highest BCUT2D eigenvalue weighted by Crippen LogP contribution is 2.32. The molecule has 2 N–H and O–H groups in total. The lowest BCUT2D eigenvalue weighted by Gasteiger charge is -2.24. The number of likely N-dealkylation sites (tertiary alicyclic amines) is 1. The van der Waals surface area contributed by atoms with E-state index in [1.807, 2.05) is 86.1 Å². The molecule has 1 aliphatic carbocycles. The van der Waals surface area contributed by atoms with Crippen molar-refractivity contribution in [1.29, 1.82) is 0 Å². The molecular weight excluding hydrogens is 454 g/mol. The van der Waals surface area contributed by atoms with Crippen LogP contribution in [0.1, 0.15) is 49.9 Å². The first-order valence-electron chi connectivity index (χ1n) is 12.5. The third kappa shape index (κ3) is 5.08. The second-order valence-electron chi connectivity index (χ2n) is 10.5. The second kappa shape index (κ2) is 9.68. The highest BCUT2D eigenvalue weighted by Gasteiger charge is 2.39. The maximum absolute atomic E-state index is 13.3. The monoisotopic (exact) mass is 487 g/mol. The van der Waals surface area contributed by atoms with Crippen LogP contribution in [0.3, 0.4) is 0 Å². The number of ether oxygens (including phenoxy) is 1. The van der Waals surface area contributed by atoms with Gasteiger partial charge in [0, 0.05) is 24.6 Å². The summed E-state index contributed by atoms with van der Waals surface area (Å²) in [6, 6.07) is 19.2. The number of aryl methyl sites for hydroxylation is 1. The van der Waals surface area contributed by atoms with Gasteiger partial charge in [0.25, 0.3) is 0 Å². The van der Waals surface area contributed by atoms with E-state index in [4.69, 9.17) is 9.84 Å². The van der Waals surface area contributed by atoms with Crippen LogP contribution in [-0.4, -0.2) is 51.5 Å². The third-order valence-corrected chi connectivity index (χ3v) is 6.66. The minimum absolute atomic E-state index is 0.0470. The summed E-state index contributed by atoms with van der Waals surface area (Å²) in [6.45, 7) is 6.41. The molecule has 1 aromatic heterocycles. The molecule has 2 heterocycles. The molecule has 36 heavy (non-hydrogen) atoms. The van der Waals surface area contributed by atoms with Gasteiger partial charge in [-0.25, -0.2) is 14.3 Å². The van der Waals surface area contributed by atoms with Crippen molar-refractivity contribution in [2.75, 3.05) is 18.4 Å². The third-order valence-electron chi connectivity index (χ3n) is 6.66. The average molecular weight is 488 g/mol. The van der Waals surface area contributed by atoms with Gasteiger partial charge in [-0.15, -0.1) is 0 Å². The fourth-order valence-corrected chi connectivity index (χ4v) is 5.05. The summed E-state index contributed by atoms with van der Waals surface area (Å²) >= 11 is 0. The Morgan fingerprint density at radius 2 is 1.67 bits per heavy atom. The molecule has 188 valence electrons. The number of hydrogen-bond acceptors (Lipinski definition) is 4. The molecule has 2 aromatic carbocycles. The Morgan fingerprint density at radius 3 is 2.36 bits per heavy atom. The van der Waals surface area contributed by atoms with Gasteiger partial charge < -0.3 is 15.0 Å². The number of fused-ring (bicyclic) bond motifs is 1. The van der Waals surface area contributed by atoms with Crippen molar-refractivity contribution < 1.29 is 14.3 Å². The molecule has 0 saturated carbocycles. The van der Waals surface area contributed by atoms with Crippen LogP contribution in [0.25, 0.3) is 5.69 Å². The van der Waals surface area contributed by atoms with Crippen molar-refractivity contribution in [2.24, 2.45) is 0 Å². The summed E-state index contributed by atoms with van der Waals surface area (Å²) in [7, 11) is 0. The van der Waals surface area contributed by atoms with Gasteiger partial charge in [0.15, 0.2) is 0 Å². The maximum Gasteiger partial charge on any atom is 0.410 e. The molecule has 0 radical (unpaired) electrons. The molecule has 0 spiro atoms. The molecule has 3 amide bonds. The van der Waals surface area contributed by atoms with Gasteiger partial charge in [-0.3, -0.25) is 5.32 Å². The van der Waals surface area contributed by atoms with Crippen LogP contribution in [0.4, 0.5) is 15.4 Å². The zero-order valence-corrected chi connectivity index (χ0v) is 21.0. The first-order valence-corrected chi connectivity index (χ1v) is 12.5. The Hall–Kier alpha value is -3.81. The molecule has 0 unspecified atom stereocenters. The number of benzene rings is 2. The number of nitrogens with one attached hydrogen (secondary N) is 2. The lowest BCUT2D eigenvalue weighted by Crippen LogP contribution is -2.43. The number of amides is 3. The van der Waals surface area contributed by atoms with Gasteiger partial charge in [0.1, 0.15) is 11.4 Å². The predicted octanol–water partition coefficient (Wildman–Crippen LogP) is 4.89. The van der Waals surface area contributed by atoms with E-state index in [-0.39, 0.29) is 24.1 Å². The maximum atomic E-state index is 13.3. The summed E-state index contributed by atoms with van der Waals surface area (Å²) in [4.78, 5) is 27.8. The minimum atomic E-state index is -0.585. The number of hydrogen-bond donors (Lipinski definition) is 2. The van der Waals surface area contributed by atoms with Gasteiger partial charge in [0.05, 0.1) is 17.4 Å². The van der Waals surface area contributed by atoms with E-state index in [1.165, 1.54) is 0 Å². The van der Waals surface area contributed by atoms with E-state index in [9.17, 15) is 9.59 Å². The van der Waals surface area contributed by atoms with Crippen molar-refractivity contribution in [3.05, 3.63) is 77.5 Å². The topological polar surface area (TPSA) is 88.5 Å². The molecule has 2 atom stereocenters. The van der Waals surface area contributed by atoms with Gasteiger partial charge in [-0.1, -0.05) is 48.5 Å². The van der Waals surface area contributed by atoms with Crippen molar-refractivity contribution in [1.82, 2.24) is 20.0 Å². The Kier molecular flexibility index (Phi) is 6.43. The van der Waals surface area contributed by atoms with Crippen molar-refractivity contribution >= 4 is 17.9 Å². The van der Waals surface area contributed by atoms with E-state index in [2.05, 4.69) is 10.6 Å². The number of para-hydroxylation sites is 1. The molecule has 3 aromatic rings. The number of urea groups is 1. The zero-order chi connectivity index (χ0) is 25.3. The Bertz CT molecular complexity index is 1230. The second-order valence-corrected chi connectivity index (χ2v) is 10.5. The molecule has 1 fully saturated rings. The molecule has 2 aliphatic rings. The van der Waals surface area contributed by atoms with E-state index >= 15 is 0 Å². The Labute approximate surface area is 211 Å². The van der Waals surface area contributed by atoms with E-state index in [1.54, 1.807) is 4.90 Å². The molecule has 1 saturated heterocycles. The van der Waals surface area contributed by atoms with Crippen LogP contribution in [0, 0.1) is 0 Å². The number of carbonyl (C=O) groups is 2. The number of carbonyl (C=O) groups excluding carboxylic acids is 2. The lowest BCUT2D eigenvalue weighted by molar-refractivity contribution is 0.0289. The molecule has 5 rings (SSSR count). The fraction of sp³-hybridized carbons (Fsp3) is 0.393. The SMILES string of the molecule is CC(C)(C)OC(=O)N1C[C@@H](NC(=O)Nc2c3c(nn2-c2ccccc2)CCC3)[C@H](c2ccccc2)C1. The van der Waals surface area contributed by atoms with Crippen LogP contribution >= 0.6 is 0 Å². The highest BCUT2D eigenvalue weighted by molar-refractivity contribution is 5.90. The fourth-order valence-electron chi connectivity index (χ4n) is 5.05. The highest BCUT2D eigenvalue weighted by atomic mass is 16.6. The Balaban J connectivity index is 1.36. The van der Waals surface area contributed by atoms with Crippen molar-refractivity contribution in [3.8, 4) is 5.69 Å². The van der Waals surface area contributed by atoms with Crippen LogP contribution in [0.5, 0.6) is 0 Å². The van der Waals surface area contributed by atoms with E-state index < -0.39 is 5.60 Å². The largest absolute Gasteiger partial charge is 0.444 e. The summed E-state index contributed by atoms with van der Waals surface area (Å²) in [6.07, 6.45) is 2.47. The Morgan fingerprint density at radius 1 is 0.972 bits per heavy atom. The number of aromatic nitrogens is 2. The van der Waals surface area contributed by atoms with Gasteiger partial charge in [0.2, 0.25) is 0 Å². The standard InChI is InChI=1S/C28H33N5O3/c1-28(2,3)36-27(35)32-17-22(19-11-6-4-7-12-19)24(18-32)29-26(34)30-25-21-15-10-16-23(21)31-33(25)20-13-8-5-9-14-20/h4-9,11-14,22,24H,10,15-18H2,1-3H3,(H2,29,30,34)/t22-,24+/m0/s1. The average Bonchev–Trinajstić information content (AvgIpc) is 3.55. The van der Waals surface area contributed by atoms with Gasteiger partial charge >= 0.3 is 12.1 Å². The first kappa shape index (κ1) is 23.9. The predicted molar refractivity (Wildman–Crippen MR) is 139 cm³/mol. The normalized spacial score (nSPS) is 19.1. The van der Waals surface area contributed by atoms with Crippen molar-refractivity contribution in [3.63, 3.8) is 0 Å². The molecule has 1 aliphatic heterocycles. The summed E-state index contributed by atoms with van der Waals surface area (Å²) in [5.41, 5.74) is 3.52. The van der Waals surface area contributed by atoms with Gasteiger partial charge in [-0.05, 0) is 57.7 Å².